The number of nitrogens with one attached hydrogen (secondary N) is 1. The van der Waals surface area contributed by atoms with Crippen molar-refractivity contribution in [1.82, 2.24) is 5.32 Å². The highest BCUT2D eigenvalue weighted by atomic mass is 79.9. The maximum absolute atomic E-state index is 12.2. The van der Waals surface area contributed by atoms with E-state index in [2.05, 4.69) is 37.2 Å². The van der Waals surface area contributed by atoms with Crippen LogP contribution in [-0.4, -0.2) is 5.91 Å². The van der Waals surface area contributed by atoms with Gasteiger partial charge in [0.1, 0.15) is 0 Å². The van der Waals surface area contributed by atoms with E-state index in [-0.39, 0.29) is 5.91 Å². The number of alkyl halides is 1. The van der Waals surface area contributed by atoms with Crippen LogP contribution in [0.3, 0.4) is 0 Å². The first-order chi connectivity index (χ1) is 9.99. The second-order valence-corrected chi connectivity index (χ2v) is 6.70. The topological polar surface area (TPSA) is 29.1 Å². The molecule has 1 amide bonds. The lowest BCUT2D eigenvalue weighted by molar-refractivity contribution is 0.0951. The van der Waals surface area contributed by atoms with Gasteiger partial charge in [0.2, 0.25) is 0 Å². The number of hydrogen-bond donors (Lipinski definition) is 1. The molecule has 0 saturated carbocycles. The third-order valence-electron chi connectivity index (χ3n) is 2.81. The van der Waals surface area contributed by atoms with Crippen LogP contribution in [0.15, 0.2) is 40.9 Å². The second-order valence-electron chi connectivity index (χ2n) is 4.41. The van der Waals surface area contributed by atoms with Gasteiger partial charge in [0, 0.05) is 21.9 Å². The lowest BCUT2D eigenvalue weighted by Crippen LogP contribution is -2.22. The standard InChI is InChI=1S/C15H11Br2Cl2NO/c16-7-10-3-11(6-12(17)4-10)15(21)20-8-9-1-2-13(18)14(19)5-9/h1-6H,7-8H2,(H,20,21). The SMILES string of the molecule is O=C(NCc1ccc(Cl)c(Cl)c1)c1cc(Br)cc(CBr)c1. The largest absolute Gasteiger partial charge is 0.348 e. The first kappa shape index (κ1) is 16.8. The quantitative estimate of drug-likeness (QED) is 0.604. The van der Waals surface area contributed by atoms with Crippen molar-refractivity contribution in [2.75, 3.05) is 0 Å². The third kappa shape index (κ3) is 4.71. The average molecular weight is 452 g/mol. The van der Waals surface area contributed by atoms with Crippen molar-refractivity contribution in [3.63, 3.8) is 0 Å². The fourth-order valence-corrected chi connectivity index (χ4v) is 2.98. The van der Waals surface area contributed by atoms with Gasteiger partial charge in [-0.1, -0.05) is 61.1 Å². The number of amides is 1. The summed E-state index contributed by atoms with van der Waals surface area (Å²) in [6.45, 7) is 0.395. The van der Waals surface area contributed by atoms with E-state index in [1.807, 2.05) is 18.2 Å². The summed E-state index contributed by atoms with van der Waals surface area (Å²) in [5.74, 6) is -0.135. The van der Waals surface area contributed by atoms with Gasteiger partial charge in [-0.2, -0.15) is 0 Å². The minimum absolute atomic E-state index is 0.135. The van der Waals surface area contributed by atoms with Crippen LogP contribution in [-0.2, 0) is 11.9 Å². The highest BCUT2D eigenvalue weighted by Gasteiger charge is 2.08. The first-order valence-corrected chi connectivity index (χ1v) is 8.74. The zero-order valence-electron chi connectivity index (χ0n) is 10.8. The van der Waals surface area contributed by atoms with Crippen LogP contribution in [0.25, 0.3) is 0 Å². The third-order valence-corrected chi connectivity index (χ3v) is 4.66. The molecule has 1 N–H and O–H groups in total. The molecular weight excluding hydrogens is 441 g/mol. The molecule has 0 bridgehead atoms. The van der Waals surface area contributed by atoms with Crippen molar-refractivity contribution in [2.45, 2.75) is 11.9 Å². The fourth-order valence-electron chi connectivity index (χ4n) is 1.79. The van der Waals surface area contributed by atoms with E-state index in [1.165, 1.54) is 0 Å². The summed E-state index contributed by atoms with van der Waals surface area (Å²) in [4.78, 5) is 12.2. The van der Waals surface area contributed by atoms with Crippen LogP contribution >= 0.6 is 55.1 Å². The summed E-state index contributed by atoms with van der Waals surface area (Å²) < 4.78 is 0.874. The number of halogens is 4. The van der Waals surface area contributed by atoms with E-state index in [0.29, 0.717) is 27.5 Å². The Labute approximate surface area is 150 Å². The Hall–Kier alpha value is -0.550. The molecule has 110 valence electrons. The van der Waals surface area contributed by atoms with Crippen molar-refractivity contribution in [1.29, 1.82) is 0 Å². The van der Waals surface area contributed by atoms with E-state index < -0.39 is 0 Å². The summed E-state index contributed by atoms with van der Waals surface area (Å²) in [5, 5.41) is 4.54. The van der Waals surface area contributed by atoms with Crippen LogP contribution in [0.5, 0.6) is 0 Å². The van der Waals surface area contributed by atoms with Crippen molar-refractivity contribution in [2.24, 2.45) is 0 Å². The van der Waals surface area contributed by atoms with Gasteiger partial charge in [-0.3, -0.25) is 4.79 Å². The molecule has 0 fully saturated rings. The van der Waals surface area contributed by atoms with E-state index in [1.54, 1.807) is 18.2 Å². The molecule has 0 radical (unpaired) electrons. The summed E-state index contributed by atoms with van der Waals surface area (Å²) in [6.07, 6.45) is 0. The molecule has 0 atom stereocenters. The van der Waals surface area contributed by atoms with Crippen LogP contribution < -0.4 is 5.32 Å². The molecule has 21 heavy (non-hydrogen) atoms. The zero-order chi connectivity index (χ0) is 15.4. The van der Waals surface area contributed by atoms with Crippen LogP contribution in [0.4, 0.5) is 0 Å². The molecule has 0 aliphatic rings. The molecule has 2 rings (SSSR count). The van der Waals surface area contributed by atoms with Gasteiger partial charge in [-0.15, -0.1) is 0 Å². The number of carbonyl (C=O) groups is 1. The molecule has 0 aromatic heterocycles. The number of benzene rings is 2. The summed E-state index contributed by atoms with van der Waals surface area (Å²) in [6, 6.07) is 10.9. The zero-order valence-corrected chi connectivity index (χ0v) is 15.5. The normalized spacial score (nSPS) is 10.5. The summed E-state index contributed by atoms with van der Waals surface area (Å²) in [7, 11) is 0. The molecule has 6 heteroatoms. The van der Waals surface area contributed by atoms with E-state index in [9.17, 15) is 4.79 Å². The molecule has 0 unspecified atom stereocenters. The lowest BCUT2D eigenvalue weighted by Gasteiger charge is -2.08. The van der Waals surface area contributed by atoms with Crippen LogP contribution in [0, 0.1) is 0 Å². The van der Waals surface area contributed by atoms with Gasteiger partial charge in [-0.05, 0) is 41.5 Å². The first-order valence-electron chi connectivity index (χ1n) is 6.07. The minimum atomic E-state index is -0.135. The monoisotopic (exact) mass is 449 g/mol. The Bertz CT molecular complexity index is 677. The van der Waals surface area contributed by atoms with E-state index >= 15 is 0 Å². The molecule has 0 aliphatic carbocycles. The Kier molecular flexibility index (Phi) is 6.11. The maximum Gasteiger partial charge on any atom is 0.251 e. The lowest BCUT2D eigenvalue weighted by atomic mass is 10.1. The molecule has 2 aromatic carbocycles. The highest BCUT2D eigenvalue weighted by molar-refractivity contribution is 9.10. The minimum Gasteiger partial charge on any atom is -0.348 e. The van der Waals surface area contributed by atoms with Crippen molar-refractivity contribution >= 4 is 61.0 Å². The maximum atomic E-state index is 12.2. The van der Waals surface area contributed by atoms with Gasteiger partial charge in [-0.25, -0.2) is 0 Å². The van der Waals surface area contributed by atoms with E-state index in [0.717, 1.165) is 15.6 Å². The van der Waals surface area contributed by atoms with Gasteiger partial charge >= 0.3 is 0 Å². The van der Waals surface area contributed by atoms with E-state index in [4.69, 9.17) is 23.2 Å². The van der Waals surface area contributed by atoms with Gasteiger partial charge < -0.3 is 5.32 Å². The Morgan fingerprint density at radius 2 is 1.81 bits per heavy atom. The van der Waals surface area contributed by atoms with Crippen LogP contribution in [0.2, 0.25) is 10.0 Å². The highest BCUT2D eigenvalue weighted by Crippen LogP contribution is 2.22. The number of carbonyl (C=O) groups excluding carboxylic acids is 1. The predicted molar refractivity (Wildman–Crippen MR) is 94.4 cm³/mol. The number of rotatable bonds is 4. The molecular formula is C15H11Br2Cl2NO. The predicted octanol–water partition coefficient (Wildman–Crippen LogP) is 5.58. The summed E-state index contributed by atoms with van der Waals surface area (Å²) in [5.41, 5.74) is 2.54. The van der Waals surface area contributed by atoms with Gasteiger partial charge in [0.05, 0.1) is 10.0 Å². The van der Waals surface area contributed by atoms with Crippen molar-refractivity contribution in [3.8, 4) is 0 Å². The molecule has 0 aliphatic heterocycles. The Morgan fingerprint density at radius 1 is 1.05 bits per heavy atom. The average Bonchev–Trinajstić information content (AvgIpc) is 2.47. The molecule has 0 spiro atoms. The molecule has 0 saturated heterocycles. The summed E-state index contributed by atoms with van der Waals surface area (Å²) >= 11 is 18.6. The van der Waals surface area contributed by atoms with Gasteiger partial charge in [0.25, 0.3) is 5.91 Å². The molecule has 0 heterocycles. The number of hydrogen-bond acceptors (Lipinski definition) is 1. The van der Waals surface area contributed by atoms with Crippen LogP contribution in [0.1, 0.15) is 21.5 Å². The van der Waals surface area contributed by atoms with Crippen molar-refractivity contribution < 1.29 is 4.79 Å². The van der Waals surface area contributed by atoms with Crippen molar-refractivity contribution in [3.05, 3.63) is 67.6 Å². The Balaban J connectivity index is 2.07. The molecule has 2 aromatic rings. The fraction of sp³-hybridized carbons (Fsp3) is 0.133. The molecule has 2 nitrogen and oxygen atoms in total. The van der Waals surface area contributed by atoms with Gasteiger partial charge in [0.15, 0.2) is 0 Å². The Morgan fingerprint density at radius 3 is 2.48 bits per heavy atom. The smallest absolute Gasteiger partial charge is 0.251 e. The second kappa shape index (κ2) is 7.63.